The minimum Gasteiger partial charge on any atom is -0.393 e. The van der Waals surface area contributed by atoms with Crippen LogP contribution in [0.3, 0.4) is 0 Å². The lowest BCUT2D eigenvalue weighted by atomic mass is 9.48. The van der Waals surface area contributed by atoms with E-state index in [2.05, 4.69) is 49.0 Å². The molecule has 0 saturated heterocycles. The van der Waals surface area contributed by atoms with E-state index in [1.165, 1.54) is 49.2 Å². The summed E-state index contributed by atoms with van der Waals surface area (Å²) in [7, 11) is 0. The number of hydrogen-bond acceptors (Lipinski definition) is 2. The Morgan fingerprint density at radius 1 is 1.07 bits per heavy atom. The number of nitrogens with zero attached hydrogens (tertiary/aromatic N) is 2. The number of hydrogen-bond donors (Lipinski definition) is 1. The van der Waals surface area contributed by atoms with Gasteiger partial charge < -0.3 is 9.67 Å². The van der Waals surface area contributed by atoms with Crippen LogP contribution in [0, 0.1) is 28.6 Å². The van der Waals surface area contributed by atoms with Gasteiger partial charge in [0.15, 0.2) is 0 Å². The van der Waals surface area contributed by atoms with Crippen molar-refractivity contribution in [3.8, 4) is 0 Å². The maximum Gasteiger partial charge on any atom is 0.0999 e. The van der Waals surface area contributed by atoms with E-state index in [0.717, 1.165) is 43.4 Å². The molecule has 3 heteroatoms. The van der Waals surface area contributed by atoms with Crippen LogP contribution in [0.25, 0.3) is 11.8 Å². The Bertz CT molecular complexity index is 937. The zero-order valence-electron chi connectivity index (χ0n) is 17.9. The van der Waals surface area contributed by atoms with E-state index in [4.69, 9.17) is 4.98 Å². The van der Waals surface area contributed by atoms with Gasteiger partial charge in [0.05, 0.1) is 18.1 Å². The van der Waals surface area contributed by atoms with Crippen molar-refractivity contribution in [2.75, 3.05) is 0 Å². The summed E-state index contributed by atoms with van der Waals surface area (Å²) in [6, 6.07) is 0. The van der Waals surface area contributed by atoms with Gasteiger partial charge in [-0.3, -0.25) is 0 Å². The first kappa shape index (κ1) is 18.2. The average Bonchev–Trinajstić information content (AvgIpc) is 3.29. The fourth-order valence-corrected chi connectivity index (χ4v) is 7.96. The topological polar surface area (TPSA) is 38.0 Å². The fourth-order valence-electron chi connectivity index (χ4n) is 7.96. The molecule has 0 unspecified atom stereocenters. The number of rotatable bonds is 1. The summed E-state index contributed by atoms with van der Waals surface area (Å²) in [4.78, 5) is 4.73. The van der Waals surface area contributed by atoms with Gasteiger partial charge >= 0.3 is 0 Å². The highest BCUT2D eigenvalue weighted by Gasteiger charge is 2.57. The smallest absolute Gasteiger partial charge is 0.0999 e. The molecule has 0 spiro atoms. The third kappa shape index (κ3) is 2.43. The second kappa shape index (κ2) is 6.20. The molecule has 6 atom stereocenters. The molecule has 0 aliphatic heterocycles. The van der Waals surface area contributed by atoms with Gasteiger partial charge in [-0.1, -0.05) is 37.6 Å². The summed E-state index contributed by atoms with van der Waals surface area (Å²) in [6.07, 6.45) is 21.9. The number of aromatic nitrogens is 2. The van der Waals surface area contributed by atoms with Crippen molar-refractivity contribution in [3.05, 3.63) is 41.5 Å². The molecule has 5 aliphatic carbocycles. The largest absolute Gasteiger partial charge is 0.393 e. The van der Waals surface area contributed by atoms with Gasteiger partial charge in [0.2, 0.25) is 0 Å². The molecule has 2 fully saturated rings. The van der Waals surface area contributed by atoms with Crippen molar-refractivity contribution in [1.82, 2.24) is 9.55 Å². The Labute approximate surface area is 174 Å². The number of aliphatic hydroxyl groups is 1. The van der Waals surface area contributed by atoms with Gasteiger partial charge in [-0.05, 0) is 87.0 Å². The maximum atomic E-state index is 10.2. The highest BCUT2D eigenvalue weighted by atomic mass is 16.3. The lowest BCUT2D eigenvalue weighted by Gasteiger charge is -2.57. The molecule has 154 valence electrons. The summed E-state index contributed by atoms with van der Waals surface area (Å²) in [5, 5.41) is 10.2. The van der Waals surface area contributed by atoms with E-state index >= 15 is 0 Å². The van der Waals surface area contributed by atoms with Crippen LogP contribution in [-0.2, 0) is 6.42 Å². The number of aliphatic hydroxyl groups excluding tert-OH is 1. The highest BCUT2D eigenvalue weighted by molar-refractivity contribution is 5.61. The summed E-state index contributed by atoms with van der Waals surface area (Å²) in [5.74, 6) is 2.32. The summed E-state index contributed by atoms with van der Waals surface area (Å²) in [6.45, 7) is 5.07. The van der Waals surface area contributed by atoms with Crippen LogP contribution in [0.2, 0.25) is 0 Å². The first-order chi connectivity index (χ1) is 14.0. The Hall–Kier alpha value is -1.61. The SMILES string of the molecule is C[C@]12CC[C@H](O)CC1=CC[C@@H]1[C@@H]2CC[C@]2(C)C(n3cnc4c3CCC=C4)=CC[C@@H]12. The van der Waals surface area contributed by atoms with E-state index in [9.17, 15) is 5.11 Å². The van der Waals surface area contributed by atoms with E-state index in [1.54, 1.807) is 5.57 Å². The van der Waals surface area contributed by atoms with Gasteiger partial charge in [-0.15, -0.1) is 0 Å². The van der Waals surface area contributed by atoms with Crippen molar-refractivity contribution in [3.63, 3.8) is 0 Å². The first-order valence-electron chi connectivity index (χ1n) is 11.8. The molecular weight excluding hydrogens is 356 g/mol. The molecule has 0 amide bonds. The third-order valence-corrected chi connectivity index (χ3v) is 9.60. The number of imidazole rings is 1. The lowest BCUT2D eigenvalue weighted by Crippen LogP contribution is -2.50. The second-order valence-corrected chi connectivity index (χ2v) is 10.8. The molecule has 3 nitrogen and oxygen atoms in total. The molecule has 29 heavy (non-hydrogen) atoms. The quantitative estimate of drug-likeness (QED) is 0.632. The molecule has 1 aromatic heterocycles. The van der Waals surface area contributed by atoms with Gasteiger partial charge in [-0.2, -0.15) is 0 Å². The van der Waals surface area contributed by atoms with Crippen LogP contribution in [0.1, 0.15) is 76.6 Å². The summed E-state index contributed by atoms with van der Waals surface area (Å²) < 4.78 is 2.46. The first-order valence-corrected chi connectivity index (χ1v) is 11.8. The van der Waals surface area contributed by atoms with Crippen LogP contribution < -0.4 is 0 Å². The summed E-state index contributed by atoms with van der Waals surface area (Å²) >= 11 is 0. The van der Waals surface area contributed by atoms with E-state index in [-0.39, 0.29) is 11.5 Å². The maximum absolute atomic E-state index is 10.2. The Morgan fingerprint density at radius 3 is 2.83 bits per heavy atom. The molecular formula is C26H34N2O. The van der Waals surface area contributed by atoms with Crippen LogP contribution in [-0.4, -0.2) is 20.8 Å². The Balaban J connectivity index is 1.34. The predicted molar refractivity (Wildman–Crippen MR) is 117 cm³/mol. The van der Waals surface area contributed by atoms with Crippen LogP contribution >= 0.6 is 0 Å². The van der Waals surface area contributed by atoms with Crippen LogP contribution in [0.15, 0.2) is 30.1 Å². The zero-order valence-corrected chi connectivity index (χ0v) is 17.9. The predicted octanol–water partition coefficient (Wildman–Crippen LogP) is 5.62. The van der Waals surface area contributed by atoms with Gasteiger partial charge in [0.25, 0.3) is 0 Å². The minimum absolute atomic E-state index is 0.110. The monoisotopic (exact) mass is 390 g/mol. The molecule has 6 rings (SSSR count). The third-order valence-electron chi connectivity index (χ3n) is 9.60. The molecule has 0 bridgehead atoms. The van der Waals surface area contributed by atoms with E-state index in [0.29, 0.717) is 5.41 Å². The Morgan fingerprint density at radius 2 is 1.93 bits per heavy atom. The average molecular weight is 391 g/mol. The normalized spacial score (nSPS) is 43.0. The zero-order chi connectivity index (χ0) is 19.8. The molecule has 1 heterocycles. The van der Waals surface area contributed by atoms with Gasteiger partial charge in [0, 0.05) is 16.8 Å². The summed E-state index contributed by atoms with van der Waals surface area (Å²) in [5.41, 5.74) is 6.29. The minimum atomic E-state index is -0.110. The van der Waals surface area contributed by atoms with Gasteiger partial charge in [0.1, 0.15) is 0 Å². The molecule has 0 aromatic carbocycles. The molecule has 0 radical (unpaired) electrons. The van der Waals surface area contributed by atoms with Crippen molar-refractivity contribution in [1.29, 1.82) is 0 Å². The van der Waals surface area contributed by atoms with Crippen LogP contribution in [0.5, 0.6) is 0 Å². The lowest BCUT2D eigenvalue weighted by molar-refractivity contribution is -0.0250. The standard InChI is InChI=1S/C26H34N2O/c1-25-13-11-18(29)15-17(25)7-8-19-20-9-10-24(26(20,2)14-12-21(19)25)28-16-27-22-5-3-4-6-23(22)28/h3,5,7,10,16,18-21,29H,4,6,8-9,11-15H2,1-2H3/t18-,19-,20-,21-,25-,26-/m0/s1. The van der Waals surface area contributed by atoms with Crippen molar-refractivity contribution >= 4 is 11.8 Å². The fraction of sp³-hybridized carbons (Fsp3) is 0.654. The van der Waals surface area contributed by atoms with Crippen molar-refractivity contribution in [2.45, 2.75) is 77.7 Å². The second-order valence-electron chi connectivity index (χ2n) is 10.8. The number of fused-ring (bicyclic) bond motifs is 6. The molecule has 1 aromatic rings. The van der Waals surface area contributed by atoms with E-state index in [1.807, 2.05) is 0 Å². The Kier molecular flexibility index (Phi) is 3.89. The molecule has 2 saturated carbocycles. The van der Waals surface area contributed by atoms with Gasteiger partial charge in [-0.25, -0.2) is 4.98 Å². The molecule has 5 aliphatic rings. The van der Waals surface area contributed by atoms with E-state index < -0.39 is 0 Å². The molecule has 1 N–H and O–H groups in total. The highest BCUT2D eigenvalue weighted by Crippen LogP contribution is 2.65. The number of allylic oxidation sites excluding steroid dienone is 4. The van der Waals surface area contributed by atoms with Crippen LogP contribution in [0.4, 0.5) is 0 Å². The van der Waals surface area contributed by atoms with Crippen molar-refractivity contribution in [2.24, 2.45) is 28.6 Å². The van der Waals surface area contributed by atoms with Crippen molar-refractivity contribution < 1.29 is 5.11 Å².